The predicted molar refractivity (Wildman–Crippen MR) is 116 cm³/mol. The Morgan fingerprint density at radius 1 is 1.29 bits per heavy atom. The minimum atomic E-state index is -0.490. The summed E-state index contributed by atoms with van der Waals surface area (Å²) in [5.74, 6) is 0.149. The third-order valence-electron chi connectivity index (χ3n) is 3.77. The lowest BCUT2D eigenvalue weighted by molar-refractivity contribution is 0.100. The zero-order valence-corrected chi connectivity index (χ0v) is 18.1. The van der Waals surface area contributed by atoms with Gasteiger partial charge in [-0.05, 0) is 39.0 Å². The fourth-order valence-corrected chi connectivity index (χ4v) is 4.24. The van der Waals surface area contributed by atoms with Gasteiger partial charge in [-0.3, -0.25) is 4.79 Å². The molecule has 9 heteroatoms. The Labute approximate surface area is 172 Å². The number of primary amides is 1. The van der Waals surface area contributed by atoms with Gasteiger partial charge in [0.2, 0.25) is 5.91 Å². The van der Waals surface area contributed by atoms with Crippen molar-refractivity contribution in [2.24, 2.45) is 5.73 Å². The van der Waals surface area contributed by atoms with E-state index < -0.39 is 5.91 Å². The number of anilines is 3. The van der Waals surface area contributed by atoms with Crippen molar-refractivity contribution in [3.8, 4) is 16.3 Å². The molecule has 0 saturated carbocycles. The maximum Gasteiger partial charge on any atom is 0.248 e. The van der Waals surface area contributed by atoms with Gasteiger partial charge in [0.25, 0.3) is 0 Å². The minimum Gasteiger partial charge on any atom is -0.489 e. The Balaban J connectivity index is 1.90. The summed E-state index contributed by atoms with van der Waals surface area (Å²) in [5.41, 5.74) is 8.30. The number of carbonyl (C=O) groups excluding carboxylic acids is 1. The van der Waals surface area contributed by atoms with E-state index in [0.29, 0.717) is 22.1 Å². The van der Waals surface area contributed by atoms with Crippen molar-refractivity contribution in [3.05, 3.63) is 34.8 Å². The van der Waals surface area contributed by atoms with E-state index in [1.165, 1.54) is 11.3 Å². The van der Waals surface area contributed by atoms with Crippen LogP contribution in [0.15, 0.2) is 23.6 Å². The number of carbonyl (C=O) groups is 1. The number of nitrogens with zero attached hydrogens (tertiary/aromatic N) is 3. The van der Waals surface area contributed by atoms with Crippen molar-refractivity contribution in [3.63, 3.8) is 0 Å². The Kier molecular flexibility index (Phi) is 5.85. The Morgan fingerprint density at radius 2 is 2.04 bits per heavy atom. The SMILES string of the molecule is Cc1nc(N(C)C)sc1-c1csc(Nc2cc(C(N)=O)ccc2OC(C)C)n1. The third-order valence-corrected chi connectivity index (χ3v) is 5.88. The van der Waals surface area contributed by atoms with Crippen LogP contribution in [0.25, 0.3) is 10.6 Å². The van der Waals surface area contributed by atoms with Crippen LogP contribution in [0.1, 0.15) is 29.9 Å². The second kappa shape index (κ2) is 8.15. The highest BCUT2D eigenvalue weighted by atomic mass is 32.1. The summed E-state index contributed by atoms with van der Waals surface area (Å²) in [6, 6.07) is 5.08. The highest BCUT2D eigenvalue weighted by Gasteiger charge is 2.16. The molecule has 0 fully saturated rings. The molecule has 0 aliphatic carbocycles. The Bertz CT molecular complexity index is 994. The molecular formula is C19H23N5O2S2. The Morgan fingerprint density at radius 3 is 2.64 bits per heavy atom. The quantitative estimate of drug-likeness (QED) is 0.596. The predicted octanol–water partition coefficient (Wildman–Crippen LogP) is 4.27. The zero-order chi connectivity index (χ0) is 20.4. The van der Waals surface area contributed by atoms with Crippen LogP contribution in [0.2, 0.25) is 0 Å². The van der Waals surface area contributed by atoms with E-state index in [0.717, 1.165) is 21.4 Å². The van der Waals surface area contributed by atoms with Gasteiger partial charge in [-0.15, -0.1) is 11.3 Å². The summed E-state index contributed by atoms with van der Waals surface area (Å²) in [4.78, 5) is 23.8. The molecular weight excluding hydrogens is 394 g/mol. The lowest BCUT2D eigenvalue weighted by Crippen LogP contribution is -2.12. The van der Waals surface area contributed by atoms with E-state index >= 15 is 0 Å². The number of nitrogens with one attached hydrogen (secondary N) is 1. The van der Waals surface area contributed by atoms with E-state index in [-0.39, 0.29) is 6.10 Å². The minimum absolute atomic E-state index is 0.00358. The number of ether oxygens (including phenoxy) is 1. The third kappa shape index (κ3) is 4.42. The molecule has 0 spiro atoms. The number of hydrogen-bond acceptors (Lipinski definition) is 8. The van der Waals surface area contributed by atoms with E-state index in [1.807, 2.05) is 45.1 Å². The van der Waals surface area contributed by atoms with Gasteiger partial charge in [-0.25, -0.2) is 9.97 Å². The summed E-state index contributed by atoms with van der Waals surface area (Å²) in [6.45, 7) is 5.88. The van der Waals surface area contributed by atoms with Crippen LogP contribution < -0.4 is 20.7 Å². The molecule has 0 radical (unpaired) electrons. The first-order chi connectivity index (χ1) is 13.2. The van der Waals surface area contributed by atoms with Crippen molar-refractivity contribution >= 4 is 44.5 Å². The highest BCUT2D eigenvalue weighted by molar-refractivity contribution is 7.19. The van der Waals surface area contributed by atoms with Crippen molar-refractivity contribution < 1.29 is 9.53 Å². The number of nitrogens with two attached hydrogens (primary N) is 1. The summed E-state index contributed by atoms with van der Waals surface area (Å²) in [5, 5.41) is 6.89. The second-order valence-corrected chi connectivity index (χ2v) is 8.55. The van der Waals surface area contributed by atoms with Crippen molar-refractivity contribution in [2.45, 2.75) is 26.9 Å². The summed E-state index contributed by atoms with van der Waals surface area (Å²) < 4.78 is 5.84. The average Bonchev–Trinajstić information content (AvgIpc) is 3.22. The number of hydrogen-bond donors (Lipinski definition) is 2. The zero-order valence-electron chi connectivity index (χ0n) is 16.4. The standard InChI is InChI=1S/C19H23N5O2S2/c1-10(2)26-15-7-6-12(17(20)25)8-13(15)22-18-23-14(9-27-18)16-11(3)21-19(28-16)24(4)5/h6-10H,1-5H3,(H2,20,25)(H,22,23). The first-order valence-corrected chi connectivity index (χ1v) is 10.4. The lowest BCUT2D eigenvalue weighted by atomic mass is 10.1. The molecule has 0 aliphatic rings. The van der Waals surface area contributed by atoms with Gasteiger partial charge >= 0.3 is 0 Å². The van der Waals surface area contributed by atoms with Crippen LogP contribution in [0.5, 0.6) is 5.75 Å². The monoisotopic (exact) mass is 417 g/mol. The van der Waals surface area contributed by atoms with Gasteiger partial charge in [0.15, 0.2) is 10.3 Å². The molecule has 2 heterocycles. The number of aryl methyl sites for hydroxylation is 1. The molecule has 0 unspecified atom stereocenters. The summed E-state index contributed by atoms with van der Waals surface area (Å²) in [7, 11) is 3.94. The van der Waals surface area contributed by atoms with Crippen LogP contribution in [-0.2, 0) is 0 Å². The van der Waals surface area contributed by atoms with Gasteiger partial charge in [0.05, 0.1) is 28.1 Å². The average molecular weight is 418 g/mol. The normalized spacial score (nSPS) is 10.9. The van der Waals surface area contributed by atoms with Gasteiger partial charge < -0.3 is 20.7 Å². The highest BCUT2D eigenvalue weighted by Crippen LogP contribution is 2.37. The molecule has 148 valence electrons. The first-order valence-electron chi connectivity index (χ1n) is 8.72. The molecule has 3 rings (SSSR count). The van der Waals surface area contributed by atoms with E-state index in [4.69, 9.17) is 15.5 Å². The molecule has 2 aromatic heterocycles. The first kappa shape index (κ1) is 20.1. The number of benzene rings is 1. The molecule has 0 atom stereocenters. The molecule has 0 saturated heterocycles. The molecule has 0 bridgehead atoms. The number of rotatable bonds is 7. The van der Waals surface area contributed by atoms with Crippen molar-refractivity contribution in [1.29, 1.82) is 0 Å². The van der Waals surface area contributed by atoms with Crippen LogP contribution in [0.4, 0.5) is 16.0 Å². The van der Waals surface area contributed by atoms with Crippen LogP contribution >= 0.6 is 22.7 Å². The smallest absolute Gasteiger partial charge is 0.248 e. The number of thiazole rings is 2. The van der Waals surface area contributed by atoms with Crippen LogP contribution in [-0.4, -0.2) is 36.1 Å². The van der Waals surface area contributed by atoms with Gasteiger partial charge in [-0.2, -0.15) is 0 Å². The van der Waals surface area contributed by atoms with Gasteiger partial charge in [-0.1, -0.05) is 11.3 Å². The van der Waals surface area contributed by atoms with Gasteiger partial charge in [0.1, 0.15) is 5.75 Å². The molecule has 3 aromatic rings. The van der Waals surface area contributed by atoms with Crippen molar-refractivity contribution in [1.82, 2.24) is 9.97 Å². The van der Waals surface area contributed by atoms with Gasteiger partial charge in [0, 0.05) is 25.0 Å². The molecule has 1 aromatic carbocycles. The van der Waals surface area contributed by atoms with Crippen LogP contribution in [0.3, 0.4) is 0 Å². The largest absolute Gasteiger partial charge is 0.489 e. The van der Waals surface area contributed by atoms with Crippen LogP contribution in [0, 0.1) is 6.92 Å². The Hall–Kier alpha value is -2.65. The lowest BCUT2D eigenvalue weighted by Gasteiger charge is -2.15. The fourth-order valence-electron chi connectivity index (χ4n) is 2.50. The van der Waals surface area contributed by atoms with E-state index in [1.54, 1.807) is 29.5 Å². The molecule has 7 nitrogen and oxygen atoms in total. The van der Waals surface area contributed by atoms with E-state index in [9.17, 15) is 4.79 Å². The molecule has 0 aliphatic heterocycles. The maximum atomic E-state index is 11.6. The summed E-state index contributed by atoms with van der Waals surface area (Å²) >= 11 is 3.08. The fraction of sp³-hybridized carbons (Fsp3) is 0.316. The number of amides is 1. The van der Waals surface area contributed by atoms with Crippen molar-refractivity contribution in [2.75, 3.05) is 24.3 Å². The number of aromatic nitrogens is 2. The topological polar surface area (TPSA) is 93.4 Å². The molecule has 1 amide bonds. The molecule has 28 heavy (non-hydrogen) atoms. The van der Waals surface area contributed by atoms with E-state index in [2.05, 4.69) is 10.3 Å². The summed E-state index contributed by atoms with van der Waals surface area (Å²) in [6.07, 6.45) is -0.00358. The molecule has 3 N–H and O–H groups in total. The second-order valence-electron chi connectivity index (χ2n) is 6.71. The maximum absolute atomic E-state index is 11.6.